The van der Waals surface area contributed by atoms with Crippen LogP contribution in [0, 0.1) is 0 Å². The lowest BCUT2D eigenvalue weighted by Crippen LogP contribution is -1.90. The molecule has 0 amide bonds. The van der Waals surface area contributed by atoms with E-state index in [0.717, 1.165) is 17.1 Å². The molecule has 1 aromatic rings. The number of hydrogen-bond donors (Lipinski definition) is 0. The van der Waals surface area contributed by atoms with Crippen LogP contribution in [0.4, 0.5) is 0 Å². The molecule has 0 unspecified atom stereocenters. The molecular weight excluding hydrogens is 279 g/mol. The Kier molecular flexibility index (Phi) is 4.08. The zero-order valence-electron chi connectivity index (χ0n) is 7.58. The summed E-state index contributed by atoms with van der Waals surface area (Å²) in [5, 5.41) is 0. The lowest BCUT2D eigenvalue weighted by atomic mass is 10.2. The van der Waals surface area contributed by atoms with Gasteiger partial charge in [0.05, 0.1) is 14.2 Å². The first-order valence-electron chi connectivity index (χ1n) is 3.80. The van der Waals surface area contributed by atoms with Crippen LogP contribution in [0.1, 0.15) is 5.56 Å². The van der Waals surface area contributed by atoms with Gasteiger partial charge in [-0.2, -0.15) is 0 Å². The standard InChI is InChI=1S/C10H11IO2/c1-12-9-4-3-8(5-6-11)7-10(9)13-2/h3-7H,1-2H3/b6-5-. The molecule has 0 radical (unpaired) electrons. The molecule has 0 spiro atoms. The van der Waals surface area contributed by atoms with E-state index in [1.165, 1.54) is 0 Å². The van der Waals surface area contributed by atoms with Crippen molar-refractivity contribution >= 4 is 28.7 Å². The fourth-order valence-electron chi connectivity index (χ4n) is 1.03. The molecule has 2 nitrogen and oxygen atoms in total. The van der Waals surface area contributed by atoms with E-state index >= 15 is 0 Å². The van der Waals surface area contributed by atoms with Crippen LogP contribution in [0.2, 0.25) is 0 Å². The predicted molar refractivity (Wildman–Crippen MR) is 62.6 cm³/mol. The summed E-state index contributed by atoms with van der Waals surface area (Å²) in [5.74, 6) is 1.52. The molecule has 0 bridgehead atoms. The largest absolute Gasteiger partial charge is 0.493 e. The van der Waals surface area contributed by atoms with Gasteiger partial charge in [-0.3, -0.25) is 0 Å². The van der Waals surface area contributed by atoms with Gasteiger partial charge in [-0.1, -0.05) is 28.7 Å². The van der Waals surface area contributed by atoms with Gasteiger partial charge in [-0.25, -0.2) is 0 Å². The molecule has 0 aliphatic heterocycles. The smallest absolute Gasteiger partial charge is 0.161 e. The van der Waals surface area contributed by atoms with Gasteiger partial charge in [0, 0.05) is 0 Å². The third kappa shape index (κ3) is 2.62. The van der Waals surface area contributed by atoms with E-state index in [1.54, 1.807) is 14.2 Å². The van der Waals surface area contributed by atoms with Crippen molar-refractivity contribution in [2.75, 3.05) is 14.2 Å². The number of methoxy groups -OCH3 is 2. The number of halogens is 1. The molecule has 13 heavy (non-hydrogen) atoms. The summed E-state index contributed by atoms with van der Waals surface area (Å²) in [6.07, 6.45) is 2.00. The Hall–Kier alpha value is -0.710. The second-order valence-electron chi connectivity index (χ2n) is 2.41. The van der Waals surface area contributed by atoms with Gasteiger partial charge in [-0.15, -0.1) is 0 Å². The molecule has 0 saturated carbocycles. The van der Waals surface area contributed by atoms with Gasteiger partial charge in [0.25, 0.3) is 0 Å². The molecule has 1 aromatic carbocycles. The Morgan fingerprint density at radius 1 is 1.15 bits per heavy atom. The van der Waals surface area contributed by atoms with E-state index in [2.05, 4.69) is 22.6 Å². The number of benzene rings is 1. The van der Waals surface area contributed by atoms with Crippen LogP contribution in [0.15, 0.2) is 22.3 Å². The molecule has 0 aromatic heterocycles. The minimum absolute atomic E-state index is 0.758. The first-order chi connectivity index (χ1) is 6.31. The van der Waals surface area contributed by atoms with Gasteiger partial charge in [0.2, 0.25) is 0 Å². The van der Waals surface area contributed by atoms with Crippen LogP contribution < -0.4 is 9.47 Å². The fourth-order valence-corrected chi connectivity index (χ4v) is 1.44. The Morgan fingerprint density at radius 3 is 2.38 bits per heavy atom. The topological polar surface area (TPSA) is 18.5 Å². The summed E-state index contributed by atoms with van der Waals surface area (Å²) in [4.78, 5) is 0. The molecule has 3 heteroatoms. The Morgan fingerprint density at radius 2 is 1.85 bits per heavy atom. The molecule has 70 valence electrons. The zero-order valence-corrected chi connectivity index (χ0v) is 9.74. The van der Waals surface area contributed by atoms with E-state index in [1.807, 2.05) is 28.4 Å². The highest BCUT2D eigenvalue weighted by molar-refractivity contribution is 14.1. The molecule has 1 rings (SSSR count). The van der Waals surface area contributed by atoms with Gasteiger partial charge < -0.3 is 9.47 Å². The zero-order chi connectivity index (χ0) is 9.68. The number of hydrogen-bond acceptors (Lipinski definition) is 2. The molecule has 0 heterocycles. The third-order valence-corrected chi connectivity index (χ3v) is 2.02. The van der Waals surface area contributed by atoms with Crippen molar-refractivity contribution in [1.82, 2.24) is 0 Å². The molecule has 0 atom stereocenters. The van der Waals surface area contributed by atoms with E-state index in [9.17, 15) is 0 Å². The van der Waals surface area contributed by atoms with Crippen LogP contribution >= 0.6 is 22.6 Å². The summed E-state index contributed by atoms with van der Waals surface area (Å²) in [5.41, 5.74) is 1.10. The van der Waals surface area contributed by atoms with Crippen LogP contribution in [-0.2, 0) is 0 Å². The summed E-state index contributed by atoms with van der Waals surface area (Å²) >= 11 is 2.18. The molecular formula is C10H11IO2. The fraction of sp³-hybridized carbons (Fsp3) is 0.200. The van der Waals surface area contributed by atoms with Crippen molar-refractivity contribution in [2.45, 2.75) is 0 Å². The Balaban J connectivity index is 3.05. The summed E-state index contributed by atoms with van der Waals surface area (Å²) in [7, 11) is 3.26. The van der Waals surface area contributed by atoms with Gasteiger partial charge in [-0.05, 0) is 27.9 Å². The second-order valence-corrected chi connectivity index (χ2v) is 3.13. The highest BCUT2D eigenvalue weighted by atomic mass is 127. The van der Waals surface area contributed by atoms with Crippen molar-refractivity contribution < 1.29 is 9.47 Å². The summed E-state index contributed by atoms with van der Waals surface area (Å²) < 4.78 is 12.2. The SMILES string of the molecule is COc1ccc(/C=C\I)cc1OC. The van der Waals surface area contributed by atoms with Crippen molar-refractivity contribution in [3.63, 3.8) is 0 Å². The van der Waals surface area contributed by atoms with E-state index in [4.69, 9.17) is 9.47 Å². The maximum Gasteiger partial charge on any atom is 0.161 e. The van der Waals surface area contributed by atoms with Crippen molar-refractivity contribution in [3.8, 4) is 11.5 Å². The van der Waals surface area contributed by atoms with Crippen molar-refractivity contribution in [2.24, 2.45) is 0 Å². The van der Waals surface area contributed by atoms with Crippen LogP contribution in [0.25, 0.3) is 6.08 Å². The number of ether oxygens (including phenoxy) is 2. The summed E-state index contributed by atoms with van der Waals surface area (Å²) in [6, 6.07) is 5.81. The lowest BCUT2D eigenvalue weighted by Gasteiger charge is -2.07. The third-order valence-electron chi connectivity index (χ3n) is 1.66. The van der Waals surface area contributed by atoms with Crippen molar-refractivity contribution in [3.05, 3.63) is 27.8 Å². The van der Waals surface area contributed by atoms with Crippen molar-refractivity contribution in [1.29, 1.82) is 0 Å². The molecule has 0 aliphatic rings. The van der Waals surface area contributed by atoms with Gasteiger partial charge >= 0.3 is 0 Å². The highest BCUT2D eigenvalue weighted by Gasteiger charge is 2.01. The van der Waals surface area contributed by atoms with Crippen LogP contribution in [-0.4, -0.2) is 14.2 Å². The first kappa shape index (κ1) is 10.4. The lowest BCUT2D eigenvalue weighted by molar-refractivity contribution is 0.355. The Labute approximate surface area is 91.7 Å². The maximum absolute atomic E-state index is 5.16. The van der Waals surface area contributed by atoms with Crippen LogP contribution in [0.3, 0.4) is 0 Å². The minimum atomic E-state index is 0.758. The van der Waals surface area contributed by atoms with E-state index in [0.29, 0.717) is 0 Å². The normalized spacial score (nSPS) is 10.4. The summed E-state index contributed by atoms with van der Waals surface area (Å²) in [6.45, 7) is 0. The van der Waals surface area contributed by atoms with Gasteiger partial charge in [0.1, 0.15) is 0 Å². The number of rotatable bonds is 3. The monoisotopic (exact) mass is 290 g/mol. The Bertz CT molecular complexity index is 308. The molecule has 0 saturated heterocycles. The average Bonchev–Trinajstić information content (AvgIpc) is 2.18. The quantitative estimate of drug-likeness (QED) is 0.796. The van der Waals surface area contributed by atoms with E-state index < -0.39 is 0 Å². The van der Waals surface area contributed by atoms with E-state index in [-0.39, 0.29) is 0 Å². The molecule has 0 N–H and O–H groups in total. The van der Waals surface area contributed by atoms with Gasteiger partial charge in [0.15, 0.2) is 11.5 Å². The molecule has 0 aliphatic carbocycles. The first-order valence-corrected chi connectivity index (χ1v) is 5.05. The average molecular weight is 290 g/mol. The predicted octanol–water partition coefficient (Wildman–Crippen LogP) is 3.11. The van der Waals surface area contributed by atoms with Crippen LogP contribution in [0.5, 0.6) is 11.5 Å². The minimum Gasteiger partial charge on any atom is -0.493 e. The maximum atomic E-state index is 5.16. The molecule has 0 fully saturated rings. The second kappa shape index (κ2) is 5.11. The highest BCUT2D eigenvalue weighted by Crippen LogP contribution is 2.27.